The second-order valence-corrected chi connectivity index (χ2v) is 10.6. The molecule has 0 aliphatic carbocycles. The summed E-state index contributed by atoms with van der Waals surface area (Å²) in [7, 11) is 0. The Labute approximate surface area is 250 Å². The first-order valence-electron chi connectivity index (χ1n) is 11.6. The highest BCUT2D eigenvalue weighted by atomic mass is 79.9. The van der Waals surface area contributed by atoms with Gasteiger partial charge < -0.3 is 4.74 Å². The lowest BCUT2D eigenvalue weighted by Crippen LogP contribution is -2.14. The number of benzene rings is 4. The van der Waals surface area contributed by atoms with E-state index in [1.807, 2.05) is 36.4 Å². The van der Waals surface area contributed by atoms with E-state index in [0.717, 1.165) is 23.3 Å². The molecular weight excluding hydrogens is 683 g/mol. The lowest BCUT2D eigenvalue weighted by Gasteiger charge is -2.12. The van der Waals surface area contributed by atoms with E-state index in [-0.39, 0.29) is 6.10 Å². The molecule has 202 valence electrons. The maximum atomic E-state index is 14.0. The van der Waals surface area contributed by atoms with Gasteiger partial charge in [0.25, 0.3) is 0 Å². The molecule has 1 fully saturated rings. The largest absolute Gasteiger partial charge is 0.355 e. The van der Waals surface area contributed by atoms with Gasteiger partial charge in [0.05, 0.1) is 0 Å². The first kappa shape index (κ1) is 29.8. The highest BCUT2D eigenvalue weighted by Crippen LogP contribution is 2.59. The third-order valence-corrected chi connectivity index (χ3v) is 8.25. The van der Waals surface area contributed by atoms with E-state index in [1.165, 1.54) is 24.3 Å². The molecule has 0 radical (unpaired) electrons. The Balaban J connectivity index is 0.000000181. The lowest BCUT2D eigenvalue weighted by atomic mass is 9.93. The fraction of sp³-hybridized carbons (Fsp3) is 0.133. The number of rotatable bonds is 6. The number of allylic oxidation sites excluding steroid dienone is 1. The summed E-state index contributed by atoms with van der Waals surface area (Å²) >= 11 is 18.9. The molecule has 1 saturated heterocycles. The van der Waals surface area contributed by atoms with Crippen LogP contribution in [0.5, 0.6) is 0 Å². The molecule has 0 aromatic heterocycles. The molecule has 0 spiro atoms. The molecule has 2 unspecified atom stereocenters. The minimum absolute atomic E-state index is 0.334. The van der Waals surface area contributed by atoms with Gasteiger partial charge in [0.15, 0.2) is 0 Å². The topological polar surface area (TPSA) is 12.5 Å². The van der Waals surface area contributed by atoms with Crippen LogP contribution >= 0.6 is 55.1 Å². The molecule has 1 heterocycles. The summed E-state index contributed by atoms with van der Waals surface area (Å²) in [5, 5.41) is 2.01. The molecule has 4 aromatic rings. The Morgan fingerprint density at radius 3 is 2.00 bits per heavy atom. The molecular formula is C30H20Br2Cl2F4O. The Kier molecular flexibility index (Phi) is 9.94. The van der Waals surface area contributed by atoms with Gasteiger partial charge in [-0.3, -0.25) is 0 Å². The Bertz CT molecular complexity index is 1510. The third kappa shape index (κ3) is 6.77. The minimum Gasteiger partial charge on any atom is -0.355 e. The van der Waals surface area contributed by atoms with E-state index in [1.54, 1.807) is 18.2 Å². The van der Waals surface area contributed by atoms with Gasteiger partial charge in [-0.15, -0.1) is 0 Å². The molecule has 1 nitrogen and oxygen atoms in total. The predicted molar refractivity (Wildman–Crippen MR) is 157 cm³/mol. The van der Waals surface area contributed by atoms with Crippen molar-refractivity contribution >= 4 is 66.7 Å². The second-order valence-electron chi connectivity index (χ2n) is 8.62. The Morgan fingerprint density at radius 1 is 0.795 bits per heavy atom. The fourth-order valence-electron chi connectivity index (χ4n) is 4.11. The zero-order valence-electron chi connectivity index (χ0n) is 20.1. The number of halogens is 8. The van der Waals surface area contributed by atoms with Crippen LogP contribution in [0.15, 0.2) is 84.9 Å². The minimum atomic E-state index is -0.831. The summed E-state index contributed by atoms with van der Waals surface area (Å²) in [6.07, 6.45) is 1.45. The van der Waals surface area contributed by atoms with Crippen LogP contribution in [0.25, 0.3) is 11.6 Å². The average Bonchev–Trinajstić information content (AvgIpc) is 3.64. The van der Waals surface area contributed by atoms with E-state index in [4.69, 9.17) is 27.9 Å². The van der Waals surface area contributed by atoms with Crippen molar-refractivity contribution in [1.82, 2.24) is 0 Å². The first-order valence-corrected chi connectivity index (χ1v) is 14.6. The highest BCUT2D eigenvalue weighted by molar-refractivity contribution is 9.09. The summed E-state index contributed by atoms with van der Waals surface area (Å²) in [6.45, 7) is 0. The van der Waals surface area contributed by atoms with Crippen molar-refractivity contribution in [2.75, 3.05) is 10.7 Å². The zero-order valence-corrected chi connectivity index (χ0v) is 24.8. The standard InChI is InChI=1S/C15H10BrClF2O.C15H10BrClF2/c16-8-15(11-6-5-9(18)7-13(11)19)14(20-15)10-3-1-2-4-12(10)17;16-9-11(7-10-3-1-2-4-14(10)17)13-6-5-12(18)8-15(13)19/h1-7,14H,8H2;1-8H,9H2. The summed E-state index contributed by atoms with van der Waals surface area (Å²) in [6, 6.07) is 21.6. The second kappa shape index (κ2) is 13.0. The molecule has 1 aliphatic heterocycles. The molecule has 0 N–H and O–H groups in total. The number of hydrogen-bond donors (Lipinski definition) is 0. The van der Waals surface area contributed by atoms with Gasteiger partial charge in [-0.2, -0.15) is 0 Å². The molecule has 1 aliphatic rings. The SMILES string of the molecule is Fc1ccc(C(=Cc2ccccc2Cl)CBr)c(F)c1.Fc1ccc(C2(CBr)OC2c2ccccc2Cl)c(F)c1. The molecule has 9 heteroatoms. The maximum Gasteiger partial charge on any atom is 0.137 e. The summed E-state index contributed by atoms with van der Waals surface area (Å²) < 4.78 is 59.4. The quantitative estimate of drug-likeness (QED) is 0.0843. The van der Waals surface area contributed by atoms with Gasteiger partial charge in [0, 0.05) is 49.5 Å². The number of hydrogen-bond acceptors (Lipinski definition) is 1. The van der Waals surface area contributed by atoms with E-state index in [9.17, 15) is 17.6 Å². The van der Waals surface area contributed by atoms with Crippen LogP contribution in [0, 0.1) is 23.3 Å². The fourth-order valence-corrected chi connectivity index (χ4v) is 5.72. The number of alkyl halides is 2. The first-order chi connectivity index (χ1) is 18.7. The molecule has 0 amide bonds. The van der Waals surface area contributed by atoms with Crippen molar-refractivity contribution in [2.45, 2.75) is 11.7 Å². The van der Waals surface area contributed by atoms with E-state index < -0.39 is 28.9 Å². The van der Waals surface area contributed by atoms with Crippen molar-refractivity contribution < 1.29 is 22.3 Å². The van der Waals surface area contributed by atoms with Crippen LogP contribution in [0.4, 0.5) is 17.6 Å². The van der Waals surface area contributed by atoms with Gasteiger partial charge in [-0.05, 0) is 47.5 Å². The van der Waals surface area contributed by atoms with Crippen molar-refractivity contribution in [1.29, 1.82) is 0 Å². The molecule has 4 aromatic carbocycles. The van der Waals surface area contributed by atoms with Crippen LogP contribution in [0.1, 0.15) is 28.4 Å². The van der Waals surface area contributed by atoms with Gasteiger partial charge in [-0.1, -0.05) is 97.5 Å². The van der Waals surface area contributed by atoms with Crippen molar-refractivity contribution in [3.8, 4) is 0 Å². The van der Waals surface area contributed by atoms with Gasteiger partial charge >= 0.3 is 0 Å². The van der Waals surface area contributed by atoms with Gasteiger partial charge in [-0.25, -0.2) is 17.6 Å². The average molecular weight is 703 g/mol. The zero-order chi connectivity index (χ0) is 28.2. The van der Waals surface area contributed by atoms with Crippen molar-refractivity contribution in [3.05, 3.63) is 140 Å². The number of epoxide rings is 1. The van der Waals surface area contributed by atoms with Gasteiger partial charge in [0.2, 0.25) is 0 Å². The highest BCUT2D eigenvalue weighted by Gasteiger charge is 2.59. The molecule has 0 saturated carbocycles. The van der Waals surface area contributed by atoms with E-state index >= 15 is 0 Å². The number of ether oxygens (including phenoxy) is 1. The van der Waals surface area contributed by atoms with Crippen LogP contribution in [-0.4, -0.2) is 10.7 Å². The van der Waals surface area contributed by atoms with Crippen LogP contribution < -0.4 is 0 Å². The smallest absolute Gasteiger partial charge is 0.137 e. The lowest BCUT2D eigenvalue weighted by molar-refractivity contribution is 0.312. The summed E-state index contributed by atoms with van der Waals surface area (Å²) in [5.74, 6) is -2.39. The van der Waals surface area contributed by atoms with E-state index in [0.29, 0.717) is 37.4 Å². The summed E-state index contributed by atoms with van der Waals surface area (Å²) in [5.41, 5.74) is 2.16. The van der Waals surface area contributed by atoms with E-state index in [2.05, 4.69) is 31.9 Å². The monoisotopic (exact) mass is 700 g/mol. The predicted octanol–water partition coefficient (Wildman–Crippen LogP) is 10.5. The van der Waals surface area contributed by atoms with Crippen LogP contribution in [0.3, 0.4) is 0 Å². The van der Waals surface area contributed by atoms with Gasteiger partial charge in [0.1, 0.15) is 35.0 Å². The molecule has 39 heavy (non-hydrogen) atoms. The van der Waals surface area contributed by atoms with Crippen LogP contribution in [-0.2, 0) is 10.3 Å². The van der Waals surface area contributed by atoms with Crippen LogP contribution in [0.2, 0.25) is 10.0 Å². The Hall–Kier alpha value is -2.16. The molecule has 5 rings (SSSR count). The van der Waals surface area contributed by atoms with Crippen molar-refractivity contribution in [3.63, 3.8) is 0 Å². The summed E-state index contributed by atoms with van der Waals surface area (Å²) in [4.78, 5) is 0. The molecule has 0 bridgehead atoms. The third-order valence-electron chi connectivity index (χ3n) is 6.12. The van der Waals surface area contributed by atoms with Crippen molar-refractivity contribution in [2.24, 2.45) is 0 Å². The maximum absolute atomic E-state index is 14.0. The normalized spacial score (nSPS) is 18.4. The Morgan fingerprint density at radius 2 is 1.41 bits per heavy atom. The molecule has 2 atom stereocenters.